The number of nitrogens with zero attached hydrogens (tertiary/aromatic N) is 2. The quantitative estimate of drug-likeness (QED) is 0.785. The summed E-state index contributed by atoms with van der Waals surface area (Å²) in [7, 11) is 1.65. The molecule has 1 spiro atoms. The van der Waals surface area contributed by atoms with Crippen LogP contribution in [0.3, 0.4) is 0 Å². The van der Waals surface area contributed by atoms with Gasteiger partial charge in [0.15, 0.2) is 0 Å². The van der Waals surface area contributed by atoms with Gasteiger partial charge in [-0.25, -0.2) is 4.79 Å². The number of carbonyl (C=O) groups is 2. The first-order valence-electron chi connectivity index (χ1n) is 10.2. The van der Waals surface area contributed by atoms with Crippen molar-refractivity contribution in [1.29, 1.82) is 0 Å². The lowest BCUT2D eigenvalue weighted by atomic mass is 9.71. The van der Waals surface area contributed by atoms with E-state index in [0.29, 0.717) is 26.2 Å². The minimum atomic E-state index is -0.266. The summed E-state index contributed by atoms with van der Waals surface area (Å²) in [5.41, 5.74) is 0.840. The summed E-state index contributed by atoms with van der Waals surface area (Å²) in [5, 5.41) is 2.98. The second-order valence-electron chi connectivity index (χ2n) is 8.10. The number of likely N-dealkylation sites (tertiary alicyclic amines) is 2. The van der Waals surface area contributed by atoms with E-state index in [4.69, 9.17) is 9.47 Å². The van der Waals surface area contributed by atoms with Crippen molar-refractivity contribution in [3.8, 4) is 5.75 Å². The number of hydrogen-bond acceptors (Lipinski definition) is 4. The van der Waals surface area contributed by atoms with Crippen molar-refractivity contribution >= 4 is 11.9 Å². The maximum absolute atomic E-state index is 12.8. The van der Waals surface area contributed by atoms with Gasteiger partial charge in [0.25, 0.3) is 0 Å². The summed E-state index contributed by atoms with van der Waals surface area (Å²) >= 11 is 0. The molecule has 3 saturated heterocycles. The Kier molecular flexibility index (Phi) is 5.44. The smallest absolute Gasteiger partial charge is 0.317 e. The van der Waals surface area contributed by atoms with Crippen LogP contribution in [-0.4, -0.2) is 67.7 Å². The first-order chi connectivity index (χ1) is 13.6. The number of urea groups is 1. The molecule has 3 aliphatic rings. The molecule has 7 heteroatoms. The Balaban J connectivity index is 1.23. The van der Waals surface area contributed by atoms with E-state index in [0.717, 1.165) is 50.1 Å². The van der Waals surface area contributed by atoms with Crippen molar-refractivity contribution in [2.24, 2.45) is 5.41 Å². The average Bonchev–Trinajstić information content (AvgIpc) is 3.26. The van der Waals surface area contributed by atoms with Gasteiger partial charge >= 0.3 is 6.03 Å². The van der Waals surface area contributed by atoms with E-state index in [1.165, 1.54) is 0 Å². The molecule has 3 amide bonds. The van der Waals surface area contributed by atoms with Crippen molar-refractivity contribution < 1.29 is 19.1 Å². The van der Waals surface area contributed by atoms with E-state index < -0.39 is 0 Å². The van der Waals surface area contributed by atoms with Crippen molar-refractivity contribution in [3.63, 3.8) is 0 Å². The summed E-state index contributed by atoms with van der Waals surface area (Å²) < 4.78 is 10.7. The monoisotopic (exact) mass is 387 g/mol. The largest absolute Gasteiger partial charge is 0.497 e. The Hall–Kier alpha value is -2.28. The Morgan fingerprint density at radius 1 is 1.29 bits per heavy atom. The highest BCUT2D eigenvalue weighted by Crippen LogP contribution is 2.42. The third kappa shape index (κ3) is 3.81. The molecule has 3 aliphatic heterocycles. The lowest BCUT2D eigenvalue weighted by molar-refractivity contribution is -0.165. The molecule has 152 valence electrons. The molecule has 3 fully saturated rings. The fourth-order valence-corrected chi connectivity index (χ4v) is 4.46. The number of methoxy groups -OCH3 is 1. The lowest BCUT2D eigenvalue weighted by Gasteiger charge is -2.52. The molecular formula is C21H29N3O4. The first kappa shape index (κ1) is 19.1. The lowest BCUT2D eigenvalue weighted by Crippen LogP contribution is -2.64. The number of benzene rings is 1. The van der Waals surface area contributed by atoms with Gasteiger partial charge < -0.3 is 24.6 Å². The van der Waals surface area contributed by atoms with Crippen LogP contribution in [0.1, 0.15) is 31.2 Å². The summed E-state index contributed by atoms with van der Waals surface area (Å²) in [6.45, 7) is 4.06. The molecule has 4 rings (SSSR count). The molecule has 0 radical (unpaired) electrons. The molecule has 0 saturated carbocycles. The summed E-state index contributed by atoms with van der Waals surface area (Å²) in [4.78, 5) is 28.9. The van der Waals surface area contributed by atoms with E-state index in [2.05, 4.69) is 5.32 Å². The highest BCUT2D eigenvalue weighted by molar-refractivity contribution is 5.89. The van der Waals surface area contributed by atoms with E-state index >= 15 is 0 Å². The number of β-lactam (4-membered cyclic amide) rings is 1. The van der Waals surface area contributed by atoms with E-state index in [-0.39, 0.29) is 23.5 Å². The summed E-state index contributed by atoms with van der Waals surface area (Å²) in [5.74, 6) is 1.04. The number of nitrogens with one attached hydrogen (secondary N) is 1. The van der Waals surface area contributed by atoms with Crippen LogP contribution < -0.4 is 10.1 Å². The third-order valence-electron chi connectivity index (χ3n) is 6.28. The van der Waals surface area contributed by atoms with Gasteiger partial charge in [-0.3, -0.25) is 4.79 Å². The van der Waals surface area contributed by atoms with Crippen LogP contribution in [0.4, 0.5) is 4.79 Å². The molecule has 7 nitrogen and oxygen atoms in total. The molecule has 1 aromatic rings. The summed E-state index contributed by atoms with van der Waals surface area (Å²) in [6.07, 6.45) is 3.74. The Labute approximate surface area is 166 Å². The van der Waals surface area contributed by atoms with Crippen LogP contribution in [0.5, 0.6) is 5.75 Å². The van der Waals surface area contributed by atoms with Gasteiger partial charge in [0, 0.05) is 39.3 Å². The maximum atomic E-state index is 12.8. The number of ether oxygens (including phenoxy) is 2. The standard InChI is InChI=1S/C21H29N3O4/c1-27-17-6-4-16(5-7-17)14-24-15-21(19(24)25)8-10-23(11-9-21)20(26)22-13-18-3-2-12-28-18/h4-7,18H,2-3,8-15H2,1H3,(H,22,26). The highest BCUT2D eigenvalue weighted by atomic mass is 16.5. The van der Waals surface area contributed by atoms with Crippen LogP contribution in [0.15, 0.2) is 24.3 Å². The Morgan fingerprint density at radius 2 is 2.04 bits per heavy atom. The normalized spacial score (nSPS) is 23.6. The fraction of sp³-hybridized carbons (Fsp3) is 0.619. The summed E-state index contributed by atoms with van der Waals surface area (Å²) in [6, 6.07) is 7.80. The van der Waals surface area contributed by atoms with Crippen molar-refractivity contribution in [1.82, 2.24) is 15.1 Å². The molecule has 1 aromatic carbocycles. The van der Waals surface area contributed by atoms with Gasteiger partial charge in [0.05, 0.1) is 18.6 Å². The van der Waals surface area contributed by atoms with Crippen molar-refractivity contribution in [2.75, 3.05) is 39.9 Å². The minimum Gasteiger partial charge on any atom is -0.497 e. The van der Waals surface area contributed by atoms with Gasteiger partial charge in [-0.05, 0) is 43.4 Å². The van der Waals surface area contributed by atoms with Gasteiger partial charge in [-0.2, -0.15) is 0 Å². The number of piperidine rings is 1. The predicted octanol–water partition coefficient (Wildman–Crippen LogP) is 2.01. The second kappa shape index (κ2) is 7.99. The highest BCUT2D eigenvalue weighted by Gasteiger charge is 2.53. The van der Waals surface area contributed by atoms with Crippen LogP contribution >= 0.6 is 0 Å². The molecule has 1 unspecified atom stereocenters. The van der Waals surface area contributed by atoms with Gasteiger partial charge in [0.1, 0.15) is 5.75 Å². The topological polar surface area (TPSA) is 71.1 Å². The molecule has 0 aliphatic carbocycles. The SMILES string of the molecule is COc1ccc(CN2CC3(CCN(C(=O)NCC4CCCO4)CC3)C2=O)cc1. The van der Waals surface area contributed by atoms with Crippen LogP contribution in [0, 0.1) is 5.41 Å². The van der Waals surface area contributed by atoms with Gasteiger partial charge in [-0.15, -0.1) is 0 Å². The van der Waals surface area contributed by atoms with E-state index in [9.17, 15) is 9.59 Å². The van der Waals surface area contributed by atoms with Crippen LogP contribution in [0.2, 0.25) is 0 Å². The number of amides is 3. The minimum absolute atomic E-state index is 0.0350. The zero-order valence-electron chi connectivity index (χ0n) is 16.5. The molecule has 1 atom stereocenters. The van der Waals surface area contributed by atoms with Gasteiger partial charge in [0.2, 0.25) is 5.91 Å². The number of carbonyl (C=O) groups excluding carboxylic acids is 2. The van der Waals surface area contributed by atoms with Crippen molar-refractivity contribution in [2.45, 2.75) is 38.3 Å². The van der Waals surface area contributed by atoms with Crippen molar-refractivity contribution in [3.05, 3.63) is 29.8 Å². The Bertz CT molecular complexity index is 707. The zero-order chi connectivity index (χ0) is 19.6. The molecule has 0 aromatic heterocycles. The third-order valence-corrected chi connectivity index (χ3v) is 6.28. The van der Waals surface area contributed by atoms with Crippen LogP contribution in [-0.2, 0) is 16.1 Å². The maximum Gasteiger partial charge on any atom is 0.317 e. The molecule has 1 N–H and O–H groups in total. The number of hydrogen-bond donors (Lipinski definition) is 1. The first-order valence-corrected chi connectivity index (χ1v) is 10.2. The van der Waals surface area contributed by atoms with E-state index in [1.807, 2.05) is 34.1 Å². The predicted molar refractivity (Wildman–Crippen MR) is 104 cm³/mol. The average molecular weight is 387 g/mol. The molecular weight excluding hydrogens is 358 g/mol. The zero-order valence-corrected chi connectivity index (χ0v) is 16.5. The Morgan fingerprint density at radius 3 is 2.64 bits per heavy atom. The number of rotatable bonds is 5. The second-order valence-corrected chi connectivity index (χ2v) is 8.10. The molecule has 0 bridgehead atoms. The fourth-order valence-electron chi connectivity index (χ4n) is 4.46. The molecule has 3 heterocycles. The van der Waals surface area contributed by atoms with E-state index in [1.54, 1.807) is 7.11 Å². The van der Waals surface area contributed by atoms with Crippen LogP contribution in [0.25, 0.3) is 0 Å². The molecule has 28 heavy (non-hydrogen) atoms. The van der Waals surface area contributed by atoms with Gasteiger partial charge in [-0.1, -0.05) is 12.1 Å².